The lowest BCUT2D eigenvalue weighted by atomic mass is 9.97. The van der Waals surface area contributed by atoms with Crippen molar-refractivity contribution < 1.29 is 0 Å². The Balaban J connectivity index is 2.27. The molecule has 2 rings (SSSR count). The third kappa shape index (κ3) is 1.32. The first-order chi connectivity index (χ1) is 6.12. The molecular weight excluding hydrogens is 184 g/mol. The smallest absolute Gasteiger partial charge is 0.205 e. The summed E-state index contributed by atoms with van der Waals surface area (Å²) in [7, 11) is 0. The van der Waals surface area contributed by atoms with Crippen LogP contribution in [0.2, 0.25) is 0 Å². The molecule has 72 valence electrons. The van der Waals surface area contributed by atoms with Crippen LogP contribution in [0.3, 0.4) is 0 Å². The summed E-state index contributed by atoms with van der Waals surface area (Å²) in [5.41, 5.74) is 6.04. The van der Waals surface area contributed by atoms with E-state index in [2.05, 4.69) is 28.1 Å². The zero-order valence-corrected chi connectivity index (χ0v) is 8.71. The molecule has 4 nitrogen and oxygen atoms in total. The van der Waals surface area contributed by atoms with Gasteiger partial charge in [-0.15, -0.1) is 0 Å². The van der Waals surface area contributed by atoms with E-state index >= 15 is 0 Å². The minimum Gasteiger partial charge on any atom is -0.340 e. The van der Waals surface area contributed by atoms with Crippen molar-refractivity contribution in [1.29, 1.82) is 0 Å². The highest BCUT2D eigenvalue weighted by atomic mass is 32.1. The fraction of sp³-hybridized carbons (Fsp3) is 0.750. The molecule has 0 amide bonds. The Morgan fingerprint density at radius 3 is 2.92 bits per heavy atom. The lowest BCUT2D eigenvalue weighted by Crippen LogP contribution is -2.48. The summed E-state index contributed by atoms with van der Waals surface area (Å²) in [5.74, 6) is 0. The van der Waals surface area contributed by atoms with Crippen LogP contribution in [-0.4, -0.2) is 27.5 Å². The van der Waals surface area contributed by atoms with Crippen molar-refractivity contribution in [2.24, 2.45) is 5.73 Å². The molecule has 1 aliphatic rings. The molecule has 1 fully saturated rings. The largest absolute Gasteiger partial charge is 0.340 e. The summed E-state index contributed by atoms with van der Waals surface area (Å²) in [4.78, 5) is 6.45. The average molecular weight is 198 g/mol. The molecule has 0 radical (unpaired) electrons. The van der Waals surface area contributed by atoms with E-state index in [0.29, 0.717) is 0 Å². The van der Waals surface area contributed by atoms with Crippen molar-refractivity contribution >= 4 is 16.7 Å². The molecule has 1 aliphatic heterocycles. The minimum atomic E-state index is 0.0134. The first-order valence-electron chi connectivity index (χ1n) is 4.42. The highest BCUT2D eigenvalue weighted by Gasteiger charge is 2.40. The molecule has 2 heterocycles. The van der Waals surface area contributed by atoms with E-state index in [9.17, 15) is 0 Å². The Bertz CT molecular complexity index is 282. The van der Waals surface area contributed by atoms with E-state index in [-0.39, 0.29) is 11.6 Å². The van der Waals surface area contributed by atoms with Crippen molar-refractivity contribution in [1.82, 2.24) is 9.36 Å². The summed E-state index contributed by atoms with van der Waals surface area (Å²) in [6.07, 6.45) is 2.63. The molecule has 1 atom stereocenters. The first kappa shape index (κ1) is 8.90. The summed E-state index contributed by atoms with van der Waals surface area (Å²) >= 11 is 1.43. The zero-order chi connectivity index (χ0) is 9.47. The van der Waals surface area contributed by atoms with Gasteiger partial charge >= 0.3 is 0 Å². The summed E-state index contributed by atoms with van der Waals surface area (Å²) in [6, 6.07) is 0.233. The normalized spacial score (nSPS) is 26.7. The standard InChI is InChI=1S/C8H14N4S/c1-8(2)6(9)3-4-12(8)7-10-5-11-13-7/h5-6H,3-4,9H2,1-2H3. The summed E-state index contributed by atoms with van der Waals surface area (Å²) in [5, 5.41) is 0.984. The first-order valence-corrected chi connectivity index (χ1v) is 5.19. The zero-order valence-electron chi connectivity index (χ0n) is 7.90. The Morgan fingerprint density at radius 1 is 1.69 bits per heavy atom. The summed E-state index contributed by atoms with van der Waals surface area (Å²) < 4.78 is 4.01. The molecule has 0 saturated carbocycles. The van der Waals surface area contributed by atoms with Gasteiger partial charge in [-0.05, 0) is 20.3 Å². The lowest BCUT2D eigenvalue weighted by molar-refractivity contribution is 0.453. The van der Waals surface area contributed by atoms with Crippen LogP contribution in [0, 0.1) is 0 Å². The SMILES string of the molecule is CC1(C)C(N)CCN1c1ncns1. The molecule has 0 spiro atoms. The number of nitrogens with two attached hydrogens (primary N) is 1. The molecule has 5 heteroatoms. The molecule has 1 aromatic rings. The van der Waals surface area contributed by atoms with Gasteiger partial charge in [0.05, 0.1) is 5.54 Å². The lowest BCUT2D eigenvalue weighted by Gasteiger charge is -2.33. The van der Waals surface area contributed by atoms with Crippen molar-refractivity contribution in [2.75, 3.05) is 11.4 Å². The van der Waals surface area contributed by atoms with Gasteiger partial charge in [0.2, 0.25) is 5.13 Å². The van der Waals surface area contributed by atoms with Crippen molar-refractivity contribution in [3.63, 3.8) is 0 Å². The molecular formula is C8H14N4S. The molecule has 0 bridgehead atoms. The molecule has 0 aromatic carbocycles. The number of nitrogens with zero attached hydrogens (tertiary/aromatic N) is 3. The van der Waals surface area contributed by atoms with Crippen LogP contribution in [0.1, 0.15) is 20.3 Å². The van der Waals surface area contributed by atoms with Crippen molar-refractivity contribution in [3.05, 3.63) is 6.33 Å². The number of hydrogen-bond acceptors (Lipinski definition) is 5. The quantitative estimate of drug-likeness (QED) is 0.727. The molecule has 0 aliphatic carbocycles. The van der Waals surface area contributed by atoms with Crippen LogP contribution in [0.4, 0.5) is 5.13 Å². The van der Waals surface area contributed by atoms with E-state index in [1.54, 1.807) is 6.33 Å². The molecule has 13 heavy (non-hydrogen) atoms. The maximum absolute atomic E-state index is 6.02. The third-order valence-corrected chi connectivity index (χ3v) is 3.54. The predicted molar refractivity (Wildman–Crippen MR) is 53.9 cm³/mol. The Labute approximate surface area is 81.9 Å². The fourth-order valence-corrected chi connectivity index (χ4v) is 2.45. The maximum Gasteiger partial charge on any atom is 0.205 e. The maximum atomic E-state index is 6.02. The van der Waals surface area contributed by atoms with Crippen molar-refractivity contribution in [3.8, 4) is 0 Å². The number of anilines is 1. The highest BCUT2D eigenvalue weighted by molar-refractivity contribution is 7.09. The van der Waals surface area contributed by atoms with Crippen LogP contribution < -0.4 is 10.6 Å². The van der Waals surface area contributed by atoms with Crippen LogP contribution in [0.15, 0.2) is 6.33 Å². The second-order valence-electron chi connectivity index (χ2n) is 3.92. The van der Waals surface area contributed by atoms with Crippen LogP contribution in [0.25, 0.3) is 0 Å². The van der Waals surface area contributed by atoms with Crippen molar-refractivity contribution in [2.45, 2.75) is 31.8 Å². The predicted octanol–water partition coefficient (Wildman–Crippen LogP) is 0.854. The molecule has 1 saturated heterocycles. The van der Waals surface area contributed by atoms with Gasteiger partial charge in [-0.2, -0.15) is 4.37 Å². The van der Waals surface area contributed by atoms with E-state index in [1.807, 2.05) is 0 Å². The van der Waals surface area contributed by atoms with E-state index in [1.165, 1.54) is 11.5 Å². The van der Waals surface area contributed by atoms with Gasteiger partial charge in [0.25, 0.3) is 0 Å². The molecule has 1 unspecified atom stereocenters. The average Bonchev–Trinajstić information content (AvgIpc) is 2.62. The van der Waals surface area contributed by atoms with Gasteiger partial charge in [0.1, 0.15) is 6.33 Å². The number of aromatic nitrogens is 2. The Kier molecular flexibility index (Phi) is 2.00. The minimum absolute atomic E-state index is 0.0134. The summed E-state index contributed by atoms with van der Waals surface area (Å²) in [6.45, 7) is 5.31. The highest BCUT2D eigenvalue weighted by Crippen LogP contribution is 2.32. The second kappa shape index (κ2) is 2.92. The van der Waals surface area contributed by atoms with Gasteiger partial charge in [-0.25, -0.2) is 4.98 Å². The van der Waals surface area contributed by atoms with Crippen LogP contribution in [-0.2, 0) is 0 Å². The Hall–Kier alpha value is -0.680. The van der Waals surface area contributed by atoms with Gasteiger partial charge < -0.3 is 10.6 Å². The van der Waals surface area contributed by atoms with Gasteiger partial charge in [-0.3, -0.25) is 0 Å². The van der Waals surface area contributed by atoms with Gasteiger partial charge in [0.15, 0.2) is 0 Å². The van der Waals surface area contributed by atoms with Gasteiger partial charge in [-0.1, -0.05) is 0 Å². The van der Waals surface area contributed by atoms with Crippen LogP contribution >= 0.6 is 11.5 Å². The number of rotatable bonds is 1. The van der Waals surface area contributed by atoms with Gasteiger partial charge in [0, 0.05) is 24.1 Å². The topological polar surface area (TPSA) is 55.0 Å². The second-order valence-corrected chi connectivity index (χ2v) is 4.68. The molecule has 2 N–H and O–H groups in total. The van der Waals surface area contributed by atoms with E-state index in [0.717, 1.165) is 18.1 Å². The van der Waals surface area contributed by atoms with E-state index in [4.69, 9.17) is 5.73 Å². The monoisotopic (exact) mass is 198 g/mol. The fourth-order valence-electron chi connectivity index (χ4n) is 1.74. The van der Waals surface area contributed by atoms with E-state index < -0.39 is 0 Å². The third-order valence-electron chi connectivity index (χ3n) is 2.85. The number of hydrogen-bond donors (Lipinski definition) is 1. The van der Waals surface area contributed by atoms with Crippen LogP contribution in [0.5, 0.6) is 0 Å². The molecule has 1 aromatic heterocycles. The Morgan fingerprint density at radius 2 is 2.46 bits per heavy atom.